The third-order valence-electron chi connectivity index (χ3n) is 2.85. The molecule has 2 nitrogen and oxygen atoms in total. The zero-order valence-electron chi connectivity index (χ0n) is 9.05. The van der Waals surface area contributed by atoms with Crippen LogP contribution in [-0.2, 0) is 4.74 Å². The SMILES string of the molecule is CCC(C)(C)C(C)COC(C)N. The highest BCUT2D eigenvalue weighted by molar-refractivity contribution is 4.73. The fourth-order valence-corrected chi connectivity index (χ4v) is 0.870. The Morgan fingerprint density at radius 2 is 1.83 bits per heavy atom. The zero-order valence-corrected chi connectivity index (χ0v) is 9.05. The summed E-state index contributed by atoms with van der Waals surface area (Å²) >= 11 is 0. The summed E-state index contributed by atoms with van der Waals surface area (Å²) in [6.07, 6.45) is 1.04. The molecule has 0 aromatic carbocycles. The molecule has 74 valence electrons. The van der Waals surface area contributed by atoms with Crippen molar-refractivity contribution >= 4 is 0 Å². The van der Waals surface area contributed by atoms with Crippen molar-refractivity contribution in [2.75, 3.05) is 6.61 Å². The summed E-state index contributed by atoms with van der Waals surface area (Å²) in [6.45, 7) is 11.6. The number of ether oxygens (including phenoxy) is 1. The fourth-order valence-electron chi connectivity index (χ4n) is 0.870. The topological polar surface area (TPSA) is 35.2 Å². The molecule has 0 aliphatic heterocycles. The van der Waals surface area contributed by atoms with Crippen LogP contribution < -0.4 is 5.73 Å². The van der Waals surface area contributed by atoms with Gasteiger partial charge in [-0.05, 0) is 18.3 Å². The minimum absolute atomic E-state index is 0.139. The minimum Gasteiger partial charge on any atom is -0.364 e. The Hall–Kier alpha value is -0.0800. The molecule has 0 radical (unpaired) electrons. The van der Waals surface area contributed by atoms with Crippen LogP contribution in [0.4, 0.5) is 0 Å². The van der Waals surface area contributed by atoms with Crippen LogP contribution in [0.1, 0.15) is 41.0 Å². The van der Waals surface area contributed by atoms with E-state index in [1.165, 1.54) is 6.42 Å². The lowest BCUT2D eigenvalue weighted by Crippen LogP contribution is -2.29. The van der Waals surface area contributed by atoms with E-state index in [1.807, 2.05) is 6.92 Å². The third kappa shape index (κ3) is 4.07. The molecule has 0 rings (SSSR count). The number of rotatable bonds is 5. The molecule has 0 fully saturated rings. The molecule has 0 bridgehead atoms. The molecule has 0 aromatic heterocycles. The predicted molar refractivity (Wildman–Crippen MR) is 52.8 cm³/mol. The summed E-state index contributed by atoms with van der Waals surface area (Å²) in [7, 11) is 0. The Balaban J connectivity index is 3.78. The Morgan fingerprint density at radius 1 is 1.33 bits per heavy atom. The molecule has 0 saturated heterocycles. The molecule has 2 atom stereocenters. The minimum atomic E-state index is -0.139. The smallest absolute Gasteiger partial charge is 0.102 e. The normalized spacial score (nSPS) is 17.5. The molecule has 0 aliphatic carbocycles. The molecule has 2 heteroatoms. The van der Waals surface area contributed by atoms with Gasteiger partial charge in [0.05, 0.1) is 6.61 Å². The van der Waals surface area contributed by atoms with Crippen LogP contribution in [0, 0.1) is 11.3 Å². The van der Waals surface area contributed by atoms with Gasteiger partial charge in [0.15, 0.2) is 0 Å². The van der Waals surface area contributed by atoms with Gasteiger partial charge in [0.2, 0.25) is 0 Å². The molecule has 0 amide bonds. The maximum absolute atomic E-state index is 5.50. The molecule has 0 aliphatic rings. The average Bonchev–Trinajstić information content (AvgIpc) is 2.00. The molecular formula is C10H23NO. The van der Waals surface area contributed by atoms with Crippen LogP contribution in [0.5, 0.6) is 0 Å². The van der Waals surface area contributed by atoms with Crippen LogP contribution in [-0.4, -0.2) is 12.8 Å². The fraction of sp³-hybridized carbons (Fsp3) is 1.00. The van der Waals surface area contributed by atoms with Crippen molar-refractivity contribution in [1.82, 2.24) is 0 Å². The van der Waals surface area contributed by atoms with Crippen LogP contribution in [0.2, 0.25) is 0 Å². The Kier molecular flexibility index (Phi) is 4.80. The summed E-state index contributed by atoms with van der Waals surface area (Å²) < 4.78 is 5.37. The summed E-state index contributed by atoms with van der Waals surface area (Å²) in [5, 5.41) is 0. The van der Waals surface area contributed by atoms with Crippen LogP contribution in [0.15, 0.2) is 0 Å². The molecule has 12 heavy (non-hydrogen) atoms. The van der Waals surface area contributed by atoms with E-state index in [4.69, 9.17) is 10.5 Å². The van der Waals surface area contributed by atoms with Crippen molar-refractivity contribution in [2.45, 2.75) is 47.3 Å². The Labute approximate surface area is 76.5 Å². The van der Waals surface area contributed by atoms with Crippen molar-refractivity contribution in [3.8, 4) is 0 Å². The van der Waals surface area contributed by atoms with Crippen molar-refractivity contribution in [2.24, 2.45) is 17.1 Å². The van der Waals surface area contributed by atoms with Crippen LogP contribution in [0.25, 0.3) is 0 Å². The largest absolute Gasteiger partial charge is 0.364 e. The molecule has 2 unspecified atom stereocenters. The number of hydrogen-bond donors (Lipinski definition) is 1. The van der Waals surface area contributed by atoms with Gasteiger partial charge < -0.3 is 10.5 Å². The number of nitrogens with two attached hydrogens (primary N) is 1. The predicted octanol–water partition coefficient (Wildman–Crippen LogP) is 2.38. The highest BCUT2D eigenvalue weighted by Crippen LogP contribution is 2.30. The van der Waals surface area contributed by atoms with Crippen molar-refractivity contribution < 1.29 is 4.74 Å². The molecule has 0 aromatic rings. The lowest BCUT2D eigenvalue weighted by Gasteiger charge is -2.30. The third-order valence-corrected chi connectivity index (χ3v) is 2.85. The molecular weight excluding hydrogens is 150 g/mol. The second kappa shape index (κ2) is 4.83. The van der Waals surface area contributed by atoms with Gasteiger partial charge in [0, 0.05) is 0 Å². The van der Waals surface area contributed by atoms with Crippen molar-refractivity contribution in [3.05, 3.63) is 0 Å². The monoisotopic (exact) mass is 173 g/mol. The van der Waals surface area contributed by atoms with E-state index in [0.717, 1.165) is 6.61 Å². The van der Waals surface area contributed by atoms with Crippen LogP contribution in [0.3, 0.4) is 0 Å². The van der Waals surface area contributed by atoms with E-state index in [9.17, 15) is 0 Å². The van der Waals surface area contributed by atoms with Crippen LogP contribution >= 0.6 is 0 Å². The van der Waals surface area contributed by atoms with E-state index >= 15 is 0 Å². The molecule has 2 N–H and O–H groups in total. The van der Waals surface area contributed by atoms with Gasteiger partial charge in [0.25, 0.3) is 0 Å². The lowest BCUT2D eigenvalue weighted by atomic mass is 9.78. The second-order valence-corrected chi connectivity index (χ2v) is 4.28. The average molecular weight is 173 g/mol. The first kappa shape index (κ1) is 11.9. The second-order valence-electron chi connectivity index (χ2n) is 4.28. The zero-order chi connectivity index (χ0) is 9.78. The van der Waals surface area contributed by atoms with Gasteiger partial charge in [-0.3, -0.25) is 0 Å². The Morgan fingerprint density at radius 3 is 2.17 bits per heavy atom. The summed E-state index contributed by atoms with van der Waals surface area (Å²) in [4.78, 5) is 0. The Bertz CT molecular complexity index is 121. The summed E-state index contributed by atoms with van der Waals surface area (Å²) in [6, 6.07) is 0. The summed E-state index contributed by atoms with van der Waals surface area (Å²) in [5.74, 6) is 0.563. The van der Waals surface area contributed by atoms with Crippen molar-refractivity contribution in [1.29, 1.82) is 0 Å². The first-order valence-electron chi connectivity index (χ1n) is 4.77. The van der Waals surface area contributed by atoms with E-state index in [1.54, 1.807) is 0 Å². The first-order chi connectivity index (χ1) is 5.40. The lowest BCUT2D eigenvalue weighted by molar-refractivity contribution is 0.0145. The standard InChI is InChI=1S/C10H23NO/c1-6-10(4,5)8(2)7-12-9(3)11/h8-9H,6-7,11H2,1-5H3. The van der Waals surface area contributed by atoms with Gasteiger partial charge in [-0.1, -0.05) is 34.1 Å². The van der Waals surface area contributed by atoms with Gasteiger partial charge in [-0.25, -0.2) is 0 Å². The maximum atomic E-state index is 5.50. The quantitative estimate of drug-likeness (QED) is 0.648. The maximum Gasteiger partial charge on any atom is 0.102 e. The van der Waals surface area contributed by atoms with Crippen molar-refractivity contribution in [3.63, 3.8) is 0 Å². The van der Waals surface area contributed by atoms with E-state index in [2.05, 4.69) is 27.7 Å². The first-order valence-corrected chi connectivity index (χ1v) is 4.77. The van der Waals surface area contributed by atoms with E-state index in [0.29, 0.717) is 11.3 Å². The van der Waals surface area contributed by atoms with Gasteiger partial charge in [-0.15, -0.1) is 0 Å². The molecule has 0 spiro atoms. The highest BCUT2D eigenvalue weighted by atomic mass is 16.5. The van der Waals surface area contributed by atoms with E-state index < -0.39 is 0 Å². The van der Waals surface area contributed by atoms with Gasteiger partial charge >= 0.3 is 0 Å². The van der Waals surface area contributed by atoms with E-state index in [-0.39, 0.29) is 6.23 Å². The number of hydrogen-bond acceptors (Lipinski definition) is 2. The molecule has 0 heterocycles. The van der Waals surface area contributed by atoms with Gasteiger partial charge in [0.1, 0.15) is 6.23 Å². The van der Waals surface area contributed by atoms with Gasteiger partial charge in [-0.2, -0.15) is 0 Å². The molecule has 0 saturated carbocycles. The summed E-state index contributed by atoms with van der Waals surface area (Å²) in [5.41, 5.74) is 5.86. The highest BCUT2D eigenvalue weighted by Gasteiger charge is 2.23.